The fraction of sp³-hybridized carbons (Fsp3) is 0.500. The van der Waals surface area contributed by atoms with Crippen LogP contribution in [0.3, 0.4) is 0 Å². The molecular formula is C20H26N2OS. The van der Waals surface area contributed by atoms with Crippen LogP contribution >= 0.6 is 11.3 Å². The second-order valence-corrected chi connectivity index (χ2v) is 8.60. The van der Waals surface area contributed by atoms with Crippen LogP contribution in [0.5, 0.6) is 0 Å². The summed E-state index contributed by atoms with van der Waals surface area (Å²) in [5.41, 5.74) is 4.57. The van der Waals surface area contributed by atoms with Gasteiger partial charge in [0.25, 0.3) is 5.89 Å². The summed E-state index contributed by atoms with van der Waals surface area (Å²) in [6, 6.07) is 4.51. The molecule has 0 amide bonds. The first kappa shape index (κ1) is 17.2. The van der Waals surface area contributed by atoms with Gasteiger partial charge in [-0.15, -0.1) is 11.3 Å². The third kappa shape index (κ3) is 2.88. The highest BCUT2D eigenvalue weighted by atomic mass is 32.1. The standard InChI is InChI=1S/C20H26N2OS/c1-7-19(3,4)13-11-14(20(5,6)8-2)16-15(12-13)22-17(23-16)18-21-9-10-24-18/h9-12H,7-8H2,1-6H3. The van der Waals surface area contributed by atoms with Crippen molar-refractivity contribution in [1.82, 2.24) is 9.97 Å². The lowest BCUT2D eigenvalue weighted by Crippen LogP contribution is -2.20. The summed E-state index contributed by atoms with van der Waals surface area (Å²) < 4.78 is 6.17. The lowest BCUT2D eigenvalue weighted by Gasteiger charge is -2.28. The van der Waals surface area contributed by atoms with Gasteiger partial charge in [-0.25, -0.2) is 9.97 Å². The van der Waals surface area contributed by atoms with E-state index in [9.17, 15) is 0 Å². The molecule has 0 radical (unpaired) electrons. The van der Waals surface area contributed by atoms with Crippen molar-refractivity contribution in [3.63, 3.8) is 0 Å². The molecule has 0 saturated heterocycles. The van der Waals surface area contributed by atoms with Crippen molar-refractivity contribution in [2.75, 3.05) is 0 Å². The number of hydrogen-bond donors (Lipinski definition) is 0. The molecular weight excluding hydrogens is 316 g/mol. The largest absolute Gasteiger partial charge is 0.434 e. The second-order valence-electron chi connectivity index (χ2n) is 7.70. The van der Waals surface area contributed by atoms with Gasteiger partial charge in [0.05, 0.1) is 0 Å². The number of rotatable bonds is 5. The van der Waals surface area contributed by atoms with Gasteiger partial charge in [-0.05, 0) is 35.3 Å². The molecule has 1 aromatic carbocycles. The van der Waals surface area contributed by atoms with Crippen molar-refractivity contribution in [3.8, 4) is 10.9 Å². The summed E-state index contributed by atoms with van der Waals surface area (Å²) in [6.45, 7) is 13.6. The number of nitrogens with zero attached hydrogens (tertiary/aromatic N) is 2. The molecule has 0 saturated carbocycles. The van der Waals surface area contributed by atoms with E-state index < -0.39 is 0 Å². The zero-order valence-electron chi connectivity index (χ0n) is 15.4. The van der Waals surface area contributed by atoms with Gasteiger partial charge < -0.3 is 4.42 Å². The monoisotopic (exact) mass is 342 g/mol. The summed E-state index contributed by atoms with van der Waals surface area (Å²) in [6.07, 6.45) is 3.92. The Morgan fingerprint density at radius 2 is 1.75 bits per heavy atom. The van der Waals surface area contributed by atoms with Crippen LogP contribution in [0.1, 0.15) is 65.5 Å². The van der Waals surface area contributed by atoms with Crippen molar-refractivity contribution in [2.45, 2.75) is 65.2 Å². The molecule has 128 valence electrons. The van der Waals surface area contributed by atoms with Gasteiger partial charge in [-0.3, -0.25) is 0 Å². The quantitative estimate of drug-likeness (QED) is 0.544. The lowest BCUT2D eigenvalue weighted by molar-refractivity contribution is 0.484. The second kappa shape index (κ2) is 5.99. The maximum absolute atomic E-state index is 6.17. The van der Waals surface area contributed by atoms with E-state index >= 15 is 0 Å². The molecule has 24 heavy (non-hydrogen) atoms. The molecule has 3 aromatic rings. The molecule has 0 aliphatic heterocycles. The van der Waals surface area contributed by atoms with Gasteiger partial charge in [0.15, 0.2) is 10.6 Å². The minimum absolute atomic E-state index is 0.0394. The van der Waals surface area contributed by atoms with Gasteiger partial charge in [0.2, 0.25) is 0 Å². The van der Waals surface area contributed by atoms with Crippen LogP contribution in [0.15, 0.2) is 28.1 Å². The zero-order valence-corrected chi connectivity index (χ0v) is 16.3. The van der Waals surface area contributed by atoms with Crippen LogP contribution < -0.4 is 0 Å². The summed E-state index contributed by atoms with van der Waals surface area (Å²) in [7, 11) is 0. The van der Waals surface area contributed by atoms with E-state index in [1.54, 1.807) is 17.5 Å². The molecule has 0 aliphatic carbocycles. The number of fused-ring (bicyclic) bond motifs is 1. The van der Waals surface area contributed by atoms with Crippen LogP contribution in [0, 0.1) is 0 Å². The maximum Gasteiger partial charge on any atom is 0.256 e. The van der Waals surface area contributed by atoms with E-state index in [0.29, 0.717) is 5.89 Å². The van der Waals surface area contributed by atoms with Gasteiger partial charge in [-0.2, -0.15) is 0 Å². The van der Waals surface area contributed by atoms with E-state index in [2.05, 4.69) is 58.7 Å². The number of hydrogen-bond acceptors (Lipinski definition) is 4. The molecule has 0 bridgehead atoms. The minimum atomic E-state index is 0.0394. The highest BCUT2D eigenvalue weighted by Crippen LogP contribution is 2.39. The number of thiazole rings is 1. The Labute approximate surface area is 148 Å². The highest BCUT2D eigenvalue weighted by Gasteiger charge is 2.28. The topological polar surface area (TPSA) is 38.9 Å². The van der Waals surface area contributed by atoms with Crippen molar-refractivity contribution < 1.29 is 4.42 Å². The predicted molar refractivity (Wildman–Crippen MR) is 102 cm³/mol. The van der Waals surface area contributed by atoms with Crippen LogP contribution in [-0.4, -0.2) is 9.97 Å². The van der Waals surface area contributed by atoms with Crippen LogP contribution in [0.2, 0.25) is 0 Å². The maximum atomic E-state index is 6.17. The average Bonchev–Trinajstić information content (AvgIpc) is 3.22. The molecule has 4 heteroatoms. The van der Waals surface area contributed by atoms with Crippen LogP contribution in [0.25, 0.3) is 22.0 Å². The molecule has 0 fully saturated rings. The SMILES string of the molecule is CCC(C)(C)c1cc(C(C)(C)CC)c2oc(-c3nccs3)nc2c1. The lowest BCUT2D eigenvalue weighted by atomic mass is 9.76. The smallest absolute Gasteiger partial charge is 0.256 e. The molecule has 0 N–H and O–H groups in total. The van der Waals surface area contributed by atoms with Crippen molar-refractivity contribution >= 4 is 22.4 Å². The Balaban J connectivity index is 2.28. The number of oxazole rings is 1. The van der Waals surface area contributed by atoms with Crippen molar-refractivity contribution in [1.29, 1.82) is 0 Å². The molecule has 3 nitrogen and oxygen atoms in total. The average molecular weight is 343 g/mol. The van der Waals surface area contributed by atoms with E-state index in [1.165, 1.54) is 11.1 Å². The Morgan fingerprint density at radius 3 is 2.33 bits per heavy atom. The summed E-state index contributed by atoms with van der Waals surface area (Å²) in [5, 5.41) is 2.79. The van der Waals surface area contributed by atoms with E-state index in [-0.39, 0.29) is 10.8 Å². The Morgan fingerprint density at radius 1 is 1.04 bits per heavy atom. The summed E-state index contributed by atoms with van der Waals surface area (Å²) in [4.78, 5) is 9.10. The molecule has 2 aromatic heterocycles. The summed E-state index contributed by atoms with van der Waals surface area (Å²) >= 11 is 1.56. The highest BCUT2D eigenvalue weighted by molar-refractivity contribution is 7.12. The predicted octanol–water partition coefficient (Wildman–Crippen LogP) is 6.33. The first-order valence-corrected chi connectivity index (χ1v) is 9.52. The fourth-order valence-electron chi connectivity index (χ4n) is 2.74. The first-order chi connectivity index (χ1) is 11.3. The molecule has 0 unspecified atom stereocenters. The van der Waals surface area contributed by atoms with Crippen molar-refractivity contribution in [2.24, 2.45) is 0 Å². The summed E-state index contributed by atoms with van der Waals surface area (Å²) in [5.74, 6) is 0.625. The fourth-order valence-corrected chi connectivity index (χ4v) is 3.30. The van der Waals surface area contributed by atoms with Gasteiger partial charge >= 0.3 is 0 Å². The number of benzene rings is 1. The molecule has 0 atom stereocenters. The van der Waals surface area contributed by atoms with Crippen molar-refractivity contribution in [3.05, 3.63) is 34.8 Å². The molecule has 3 rings (SSSR count). The Hall–Kier alpha value is -1.68. The van der Waals surface area contributed by atoms with E-state index in [1.807, 2.05) is 5.38 Å². The van der Waals surface area contributed by atoms with Crippen LogP contribution in [-0.2, 0) is 10.8 Å². The van der Waals surface area contributed by atoms with Gasteiger partial charge in [-0.1, -0.05) is 47.6 Å². The normalized spacial score (nSPS) is 12.9. The first-order valence-electron chi connectivity index (χ1n) is 8.64. The third-order valence-electron chi connectivity index (χ3n) is 5.38. The zero-order chi connectivity index (χ0) is 17.5. The molecule has 0 aliphatic rings. The minimum Gasteiger partial charge on any atom is -0.434 e. The Bertz CT molecular complexity index is 844. The van der Waals surface area contributed by atoms with Crippen LogP contribution in [0.4, 0.5) is 0 Å². The van der Waals surface area contributed by atoms with Gasteiger partial charge in [0, 0.05) is 17.1 Å². The molecule has 2 heterocycles. The third-order valence-corrected chi connectivity index (χ3v) is 6.14. The molecule has 0 spiro atoms. The number of aromatic nitrogens is 2. The van der Waals surface area contributed by atoms with E-state index in [4.69, 9.17) is 9.40 Å². The van der Waals surface area contributed by atoms with Gasteiger partial charge in [0.1, 0.15) is 5.52 Å². The Kier molecular flexibility index (Phi) is 4.28. The van der Waals surface area contributed by atoms with E-state index in [0.717, 1.165) is 28.9 Å².